The quantitative estimate of drug-likeness (QED) is 0.940. The zero-order valence-electron chi connectivity index (χ0n) is 8.76. The second-order valence-corrected chi connectivity index (χ2v) is 7.53. The van der Waals surface area contributed by atoms with Crippen molar-refractivity contribution in [2.75, 3.05) is 0 Å². The van der Waals surface area contributed by atoms with Gasteiger partial charge in [0, 0.05) is 15.9 Å². The number of benzene rings is 1. The lowest BCUT2D eigenvalue weighted by Gasteiger charge is -2.03. The first-order valence-corrected chi connectivity index (χ1v) is 7.93. The molecule has 1 aromatic heterocycles. The highest BCUT2D eigenvalue weighted by Crippen LogP contribution is 2.31. The summed E-state index contributed by atoms with van der Waals surface area (Å²) in [5.41, 5.74) is 5.48. The zero-order chi connectivity index (χ0) is 12.5. The van der Waals surface area contributed by atoms with Gasteiger partial charge < -0.3 is 5.73 Å². The molecule has 2 aromatic rings. The van der Waals surface area contributed by atoms with Gasteiger partial charge in [0.15, 0.2) is 0 Å². The standard InChI is InChI=1S/C11H10BrNO2S2/c12-9-3-1-2-4-10(9)17(14,15)11-6-5-8(7-13)16-11/h1-6H,7,13H2. The summed E-state index contributed by atoms with van der Waals surface area (Å²) in [5, 5.41) is 0. The monoisotopic (exact) mass is 331 g/mol. The van der Waals surface area contributed by atoms with Gasteiger partial charge in [-0.1, -0.05) is 12.1 Å². The Bertz CT molecular complexity index is 634. The van der Waals surface area contributed by atoms with E-state index in [1.165, 1.54) is 11.3 Å². The molecule has 0 amide bonds. The molecule has 3 nitrogen and oxygen atoms in total. The van der Waals surface area contributed by atoms with Crippen LogP contribution in [0.5, 0.6) is 0 Å². The Morgan fingerprint density at radius 1 is 1.18 bits per heavy atom. The SMILES string of the molecule is NCc1ccc(S(=O)(=O)c2ccccc2Br)s1. The molecule has 0 fully saturated rings. The molecule has 0 saturated carbocycles. The first kappa shape index (κ1) is 12.8. The van der Waals surface area contributed by atoms with Crippen LogP contribution < -0.4 is 5.73 Å². The molecule has 0 radical (unpaired) electrons. The molecular weight excluding hydrogens is 322 g/mol. The Hall–Kier alpha value is -0.690. The molecule has 2 N–H and O–H groups in total. The Morgan fingerprint density at radius 2 is 1.88 bits per heavy atom. The molecule has 0 unspecified atom stereocenters. The molecular formula is C11H10BrNO2S2. The molecule has 17 heavy (non-hydrogen) atoms. The fourth-order valence-corrected chi connectivity index (χ4v) is 5.00. The van der Waals surface area contributed by atoms with Crippen LogP contribution in [0.25, 0.3) is 0 Å². The maximum absolute atomic E-state index is 12.3. The highest BCUT2D eigenvalue weighted by atomic mass is 79.9. The van der Waals surface area contributed by atoms with Gasteiger partial charge in [0.05, 0.1) is 4.90 Å². The highest BCUT2D eigenvalue weighted by molar-refractivity contribution is 9.10. The topological polar surface area (TPSA) is 60.2 Å². The third-order valence-electron chi connectivity index (χ3n) is 2.23. The molecule has 6 heteroatoms. The number of rotatable bonds is 3. The number of sulfone groups is 1. The first-order valence-electron chi connectivity index (χ1n) is 4.84. The minimum absolute atomic E-state index is 0.283. The summed E-state index contributed by atoms with van der Waals surface area (Å²) in [7, 11) is -3.44. The van der Waals surface area contributed by atoms with E-state index >= 15 is 0 Å². The predicted octanol–water partition coefficient (Wildman–Crippen LogP) is 2.80. The van der Waals surface area contributed by atoms with Crippen molar-refractivity contribution in [3.8, 4) is 0 Å². The summed E-state index contributed by atoms with van der Waals surface area (Å²) < 4.78 is 25.5. The number of halogens is 1. The third-order valence-corrected chi connectivity index (χ3v) is 6.59. The zero-order valence-corrected chi connectivity index (χ0v) is 12.0. The van der Waals surface area contributed by atoms with E-state index in [1.807, 2.05) is 0 Å². The van der Waals surface area contributed by atoms with Crippen LogP contribution in [0.1, 0.15) is 4.88 Å². The fourth-order valence-electron chi connectivity index (χ4n) is 1.38. The fraction of sp³-hybridized carbons (Fsp3) is 0.0909. The summed E-state index contributed by atoms with van der Waals surface area (Å²) in [6.07, 6.45) is 0. The number of thiophene rings is 1. The largest absolute Gasteiger partial charge is 0.326 e. The van der Waals surface area contributed by atoms with Crippen LogP contribution in [0.4, 0.5) is 0 Å². The van der Waals surface area contributed by atoms with Crippen molar-refractivity contribution in [1.82, 2.24) is 0 Å². The number of nitrogens with two attached hydrogens (primary N) is 1. The van der Waals surface area contributed by atoms with Gasteiger partial charge >= 0.3 is 0 Å². The molecule has 0 spiro atoms. The second-order valence-electron chi connectivity index (χ2n) is 3.36. The molecule has 2 rings (SSSR count). The van der Waals surface area contributed by atoms with Crippen LogP contribution in [0.2, 0.25) is 0 Å². The minimum Gasteiger partial charge on any atom is -0.326 e. The van der Waals surface area contributed by atoms with Crippen LogP contribution in [0.15, 0.2) is 50.0 Å². The Morgan fingerprint density at radius 3 is 2.47 bits per heavy atom. The molecule has 0 aliphatic carbocycles. The van der Waals surface area contributed by atoms with E-state index in [0.29, 0.717) is 15.2 Å². The van der Waals surface area contributed by atoms with E-state index in [4.69, 9.17) is 5.73 Å². The van der Waals surface area contributed by atoms with E-state index in [-0.39, 0.29) is 4.90 Å². The highest BCUT2D eigenvalue weighted by Gasteiger charge is 2.21. The lowest BCUT2D eigenvalue weighted by Crippen LogP contribution is -2.00. The Labute approximate surface area is 112 Å². The van der Waals surface area contributed by atoms with Crippen LogP contribution >= 0.6 is 27.3 Å². The van der Waals surface area contributed by atoms with Crippen molar-refractivity contribution in [2.45, 2.75) is 15.6 Å². The van der Waals surface area contributed by atoms with Gasteiger partial charge in [-0.25, -0.2) is 8.42 Å². The van der Waals surface area contributed by atoms with Gasteiger partial charge in [0.1, 0.15) is 4.21 Å². The first-order chi connectivity index (χ1) is 8.05. The van der Waals surface area contributed by atoms with Crippen LogP contribution in [0.3, 0.4) is 0 Å². The summed E-state index contributed by atoms with van der Waals surface area (Å²) in [6.45, 7) is 0.357. The molecule has 0 aliphatic heterocycles. The van der Waals surface area contributed by atoms with Gasteiger partial charge in [-0.2, -0.15) is 0 Å². The summed E-state index contributed by atoms with van der Waals surface area (Å²) in [5.74, 6) is 0. The molecule has 0 bridgehead atoms. The molecule has 0 aliphatic rings. The third kappa shape index (κ3) is 2.44. The van der Waals surface area contributed by atoms with Gasteiger partial charge in [-0.05, 0) is 40.2 Å². The molecule has 1 aromatic carbocycles. The summed E-state index contributed by atoms with van der Waals surface area (Å²) >= 11 is 4.46. The molecule has 0 atom stereocenters. The molecule has 1 heterocycles. The van der Waals surface area contributed by atoms with Gasteiger partial charge in [-0.3, -0.25) is 0 Å². The minimum atomic E-state index is -3.44. The van der Waals surface area contributed by atoms with Crippen molar-refractivity contribution in [1.29, 1.82) is 0 Å². The average molecular weight is 332 g/mol. The van der Waals surface area contributed by atoms with Gasteiger partial charge in [0.2, 0.25) is 9.84 Å². The van der Waals surface area contributed by atoms with Crippen molar-refractivity contribution in [2.24, 2.45) is 5.73 Å². The number of hydrogen-bond donors (Lipinski definition) is 1. The van der Waals surface area contributed by atoms with E-state index in [0.717, 1.165) is 4.88 Å². The van der Waals surface area contributed by atoms with E-state index in [2.05, 4.69) is 15.9 Å². The average Bonchev–Trinajstić information content (AvgIpc) is 2.78. The van der Waals surface area contributed by atoms with E-state index in [1.54, 1.807) is 36.4 Å². The van der Waals surface area contributed by atoms with Crippen LogP contribution in [-0.4, -0.2) is 8.42 Å². The van der Waals surface area contributed by atoms with Gasteiger partial charge in [0.25, 0.3) is 0 Å². The van der Waals surface area contributed by atoms with Crippen molar-refractivity contribution in [3.63, 3.8) is 0 Å². The van der Waals surface area contributed by atoms with Crippen molar-refractivity contribution < 1.29 is 8.42 Å². The predicted molar refractivity (Wildman–Crippen MR) is 71.8 cm³/mol. The Kier molecular flexibility index (Phi) is 3.67. The normalized spacial score (nSPS) is 11.6. The smallest absolute Gasteiger partial charge is 0.217 e. The van der Waals surface area contributed by atoms with E-state index in [9.17, 15) is 8.42 Å². The lowest BCUT2D eigenvalue weighted by molar-refractivity contribution is 0.597. The maximum atomic E-state index is 12.3. The van der Waals surface area contributed by atoms with Gasteiger partial charge in [-0.15, -0.1) is 11.3 Å². The number of hydrogen-bond acceptors (Lipinski definition) is 4. The maximum Gasteiger partial charge on any atom is 0.217 e. The summed E-state index contributed by atoms with van der Waals surface area (Å²) in [4.78, 5) is 1.14. The molecule has 90 valence electrons. The summed E-state index contributed by atoms with van der Waals surface area (Å²) in [6, 6.07) is 10.1. The molecule has 0 saturated heterocycles. The Balaban J connectivity index is 2.54. The van der Waals surface area contributed by atoms with E-state index < -0.39 is 9.84 Å². The second kappa shape index (κ2) is 4.89. The van der Waals surface area contributed by atoms with Crippen LogP contribution in [-0.2, 0) is 16.4 Å². The van der Waals surface area contributed by atoms with Crippen molar-refractivity contribution in [3.05, 3.63) is 45.7 Å². The van der Waals surface area contributed by atoms with Crippen molar-refractivity contribution >= 4 is 37.1 Å². The van der Waals surface area contributed by atoms with Crippen LogP contribution in [0, 0.1) is 0 Å². The lowest BCUT2D eigenvalue weighted by atomic mass is 10.4.